The molecule has 1 aliphatic carbocycles. The molecule has 0 aliphatic heterocycles. The molecule has 4 rings (SSSR count). The van der Waals surface area contributed by atoms with Crippen molar-refractivity contribution in [3.8, 4) is 0 Å². The lowest BCUT2D eigenvalue weighted by Gasteiger charge is -2.15. The van der Waals surface area contributed by atoms with E-state index in [0.29, 0.717) is 11.4 Å². The summed E-state index contributed by atoms with van der Waals surface area (Å²) < 4.78 is 25.0. The number of aromatic nitrogens is 1. The molecule has 3 N–H and O–H groups in total. The van der Waals surface area contributed by atoms with Crippen molar-refractivity contribution in [2.24, 2.45) is 5.14 Å². The van der Waals surface area contributed by atoms with Gasteiger partial charge in [0.25, 0.3) is 0 Å². The monoisotopic (exact) mass is 402 g/mol. The van der Waals surface area contributed by atoms with E-state index in [0.717, 1.165) is 12.8 Å². The van der Waals surface area contributed by atoms with Crippen molar-refractivity contribution in [3.63, 3.8) is 0 Å². The molecule has 3 aromatic rings. The minimum Gasteiger partial charge on any atom is -0.481 e. The Hall–Kier alpha value is -2.51. The summed E-state index contributed by atoms with van der Waals surface area (Å²) in [5.74, 6) is -1.08. The summed E-state index contributed by atoms with van der Waals surface area (Å²) in [5, 5.41) is 15.2. The van der Waals surface area contributed by atoms with Gasteiger partial charge in [-0.05, 0) is 61.6 Å². The number of nitrogens with two attached hydrogens (primary N) is 1. The van der Waals surface area contributed by atoms with Crippen LogP contribution in [0.2, 0.25) is 0 Å². The van der Waals surface area contributed by atoms with Gasteiger partial charge in [-0.15, -0.1) is 0 Å². The second-order valence-corrected chi connectivity index (χ2v) is 7.76. The van der Waals surface area contributed by atoms with Gasteiger partial charge < -0.3 is 9.67 Å². The van der Waals surface area contributed by atoms with E-state index in [2.05, 4.69) is 22.8 Å². The fourth-order valence-electron chi connectivity index (χ4n) is 3.62. The zero-order chi connectivity index (χ0) is 20.1. The number of carboxylic acid groups (broad SMARTS) is 1. The van der Waals surface area contributed by atoms with Crippen LogP contribution in [0.1, 0.15) is 30.5 Å². The average molecular weight is 402 g/mol. The molecule has 1 aromatic heterocycles. The Bertz CT molecular complexity index is 999. The van der Waals surface area contributed by atoms with Gasteiger partial charge in [-0.2, -0.15) is 0 Å². The molecule has 0 bridgehead atoms. The first-order valence-corrected chi connectivity index (χ1v) is 10.4. The van der Waals surface area contributed by atoms with Gasteiger partial charge in [0, 0.05) is 23.1 Å². The molecule has 148 valence electrons. The molecule has 28 heavy (non-hydrogen) atoms. The summed E-state index contributed by atoms with van der Waals surface area (Å²) in [5.41, 5.74) is 4.01. The Labute approximate surface area is 165 Å². The number of hydrogen-bond acceptors (Lipinski definition) is 2. The lowest BCUT2D eigenvalue weighted by molar-refractivity contribution is -0.137. The molecule has 1 heterocycles. The third-order valence-corrected chi connectivity index (χ3v) is 5.62. The number of rotatable bonds is 4. The maximum Gasteiger partial charge on any atom is 0.305 e. The van der Waals surface area contributed by atoms with Crippen LogP contribution < -0.4 is 5.14 Å². The van der Waals surface area contributed by atoms with Crippen LogP contribution in [0.15, 0.2) is 53.4 Å². The van der Waals surface area contributed by atoms with Crippen molar-refractivity contribution < 1.29 is 18.5 Å². The zero-order valence-electron chi connectivity index (χ0n) is 15.4. The standard InChI is InChI=1S/C15H17NO2.C6H6FNOS/c17-15(18)9-10-16-13-7-3-1-5-11(13)12-6-2-4-8-14(12)16;7-5-1-3-6(4-2-5)10(8)9/h1,3,5,7H,2,4,6,8-10H2,(H,17,18);1-4H,8H2. The Morgan fingerprint density at radius 3 is 2.46 bits per heavy atom. The maximum atomic E-state index is 12.2. The molecule has 7 heteroatoms. The van der Waals surface area contributed by atoms with Gasteiger partial charge in [-0.3, -0.25) is 4.79 Å². The van der Waals surface area contributed by atoms with Crippen LogP contribution >= 0.6 is 0 Å². The highest BCUT2D eigenvalue weighted by Gasteiger charge is 2.19. The summed E-state index contributed by atoms with van der Waals surface area (Å²) in [4.78, 5) is 11.2. The number of fused-ring (bicyclic) bond motifs is 3. The van der Waals surface area contributed by atoms with E-state index in [-0.39, 0.29) is 12.2 Å². The van der Waals surface area contributed by atoms with E-state index in [1.54, 1.807) is 0 Å². The first-order valence-electron chi connectivity index (χ1n) is 9.20. The molecule has 0 radical (unpaired) electrons. The number of hydrogen-bond donors (Lipinski definition) is 2. The van der Waals surface area contributed by atoms with Crippen LogP contribution in [0.25, 0.3) is 10.9 Å². The van der Waals surface area contributed by atoms with Crippen molar-refractivity contribution in [1.29, 1.82) is 0 Å². The summed E-state index contributed by atoms with van der Waals surface area (Å²) in [6.45, 7) is 0.588. The first-order chi connectivity index (χ1) is 13.5. The Kier molecular flexibility index (Phi) is 6.59. The molecule has 0 saturated heterocycles. The maximum absolute atomic E-state index is 12.2. The van der Waals surface area contributed by atoms with E-state index < -0.39 is 17.0 Å². The molecular weight excluding hydrogens is 379 g/mol. The van der Waals surface area contributed by atoms with Crippen LogP contribution in [0.5, 0.6) is 0 Å². The van der Waals surface area contributed by atoms with Gasteiger partial charge in [-0.25, -0.2) is 13.7 Å². The van der Waals surface area contributed by atoms with Gasteiger partial charge >= 0.3 is 5.97 Å². The summed E-state index contributed by atoms with van der Waals surface area (Å²) >= 11 is 0. The first kappa shape index (κ1) is 20.2. The number of benzene rings is 2. The fourth-order valence-corrected chi connectivity index (χ4v) is 4.02. The SMILES string of the molecule is NS(=O)c1ccc(F)cc1.O=C(O)CCn1c2c(c3ccccc31)CCCC2. The summed E-state index contributed by atoms with van der Waals surface area (Å²) in [6.07, 6.45) is 4.89. The molecule has 1 aliphatic rings. The third-order valence-electron chi connectivity index (χ3n) is 4.88. The van der Waals surface area contributed by atoms with Crippen molar-refractivity contribution in [3.05, 3.63) is 65.6 Å². The van der Waals surface area contributed by atoms with Crippen molar-refractivity contribution >= 4 is 27.9 Å². The third kappa shape index (κ3) is 4.66. The Morgan fingerprint density at radius 1 is 1.11 bits per heavy atom. The summed E-state index contributed by atoms with van der Waals surface area (Å²) in [6, 6.07) is 13.6. The van der Waals surface area contributed by atoms with Gasteiger partial charge in [0.05, 0.1) is 11.3 Å². The minimum atomic E-state index is -1.50. The predicted octanol–water partition coefficient (Wildman–Crippen LogP) is 3.80. The van der Waals surface area contributed by atoms with Crippen LogP contribution in [-0.2, 0) is 35.2 Å². The lowest BCUT2D eigenvalue weighted by Crippen LogP contribution is -2.10. The van der Waals surface area contributed by atoms with Crippen LogP contribution in [0, 0.1) is 5.82 Å². The second kappa shape index (κ2) is 9.12. The van der Waals surface area contributed by atoms with Gasteiger partial charge in [0.2, 0.25) is 0 Å². The summed E-state index contributed by atoms with van der Waals surface area (Å²) in [7, 11) is -1.50. The molecule has 0 spiro atoms. The van der Waals surface area contributed by atoms with Crippen LogP contribution in [0.4, 0.5) is 4.39 Å². The van der Waals surface area contributed by atoms with E-state index >= 15 is 0 Å². The van der Waals surface area contributed by atoms with E-state index in [1.165, 1.54) is 59.3 Å². The second-order valence-electron chi connectivity index (χ2n) is 6.70. The minimum absolute atomic E-state index is 0.200. The topological polar surface area (TPSA) is 85.3 Å². The van der Waals surface area contributed by atoms with Gasteiger partial charge in [-0.1, -0.05) is 18.2 Å². The number of aryl methyl sites for hydroxylation is 2. The predicted molar refractivity (Wildman–Crippen MR) is 108 cm³/mol. The van der Waals surface area contributed by atoms with Crippen LogP contribution in [-0.4, -0.2) is 19.9 Å². The van der Waals surface area contributed by atoms with E-state index in [9.17, 15) is 13.4 Å². The average Bonchev–Trinajstić information content (AvgIpc) is 3.01. The number of aliphatic carboxylic acids is 1. The molecule has 2 aromatic carbocycles. The molecule has 1 atom stereocenters. The number of nitrogens with zero attached hydrogens (tertiary/aromatic N) is 1. The van der Waals surface area contributed by atoms with E-state index in [1.807, 2.05) is 6.07 Å². The van der Waals surface area contributed by atoms with E-state index in [4.69, 9.17) is 10.2 Å². The number of para-hydroxylation sites is 1. The molecule has 1 unspecified atom stereocenters. The fraction of sp³-hybridized carbons (Fsp3) is 0.286. The molecule has 0 fully saturated rings. The van der Waals surface area contributed by atoms with Crippen molar-refractivity contribution in [2.45, 2.75) is 43.5 Å². The number of carbonyl (C=O) groups is 1. The molecular formula is C21H23FN2O3S. The van der Waals surface area contributed by atoms with Crippen molar-refractivity contribution in [1.82, 2.24) is 4.57 Å². The molecule has 5 nitrogen and oxygen atoms in total. The molecule has 0 saturated carbocycles. The van der Waals surface area contributed by atoms with Gasteiger partial charge in [0.15, 0.2) is 0 Å². The Morgan fingerprint density at radius 2 is 1.79 bits per heavy atom. The molecule has 0 amide bonds. The Balaban J connectivity index is 0.000000192. The number of halogens is 1. The van der Waals surface area contributed by atoms with Crippen LogP contribution in [0.3, 0.4) is 0 Å². The highest BCUT2D eigenvalue weighted by atomic mass is 32.2. The quantitative estimate of drug-likeness (QED) is 0.696. The highest BCUT2D eigenvalue weighted by Crippen LogP contribution is 2.32. The normalized spacial score (nSPS) is 14.1. The lowest BCUT2D eigenvalue weighted by atomic mass is 9.95. The number of carboxylic acids is 1. The zero-order valence-corrected chi connectivity index (χ0v) is 16.3. The smallest absolute Gasteiger partial charge is 0.305 e. The van der Waals surface area contributed by atoms with Crippen molar-refractivity contribution in [2.75, 3.05) is 0 Å². The highest BCUT2D eigenvalue weighted by molar-refractivity contribution is 7.82. The largest absolute Gasteiger partial charge is 0.481 e. The van der Waals surface area contributed by atoms with Gasteiger partial charge in [0.1, 0.15) is 16.8 Å².